The fourth-order valence-electron chi connectivity index (χ4n) is 1.85. The van der Waals surface area contributed by atoms with Crippen molar-refractivity contribution in [3.05, 3.63) is 33.8 Å². The second-order valence-corrected chi connectivity index (χ2v) is 3.65. The van der Waals surface area contributed by atoms with E-state index in [1.54, 1.807) is 0 Å². The van der Waals surface area contributed by atoms with E-state index in [1.165, 1.54) is 20.0 Å². The summed E-state index contributed by atoms with van der Waals surface area (Å²) in [5, 5.41) is 20.6. The highest BCUT2D eigenvalue weighted by Crippen LogP contribution is 2.22. The molecule has 84 valence electrons. The van der Waals surface area contributed by atoms with E-state index < -0.39 is 6.61 Å². The quantitative estimate of drug-likeness (QED) is 0.511. The van der Waals surface area contributed by atoms with Crippen LogP contribution in [-0.2, 0) is 13.7 Å². The lowest BCUT2D eigenvalue weighted by Crippen LogP contribution is -2.40. The zero-order valence-electron chi connectivity index (χ0n) is 8.85. The first kappa shape index (κ1) is 10.6. The Bertz CT molecular complexity index is 540. The smallest absolute Gasteiger partial charge is 0.258 e. The predicted octanol–water partition coefficient (Wildman–Crippen LogP) is -0.524. The van der Waals surface area contributed by atoms with Crippen molar-refractivity contribution in [2.45, 2.75) is 13.5 Å². The van der Waals surface area contributed by atoms with Gasteiger partial charge in [-0.05, 0) is 13.0 Å². The maximum Gasteiger partial charge on any atom is 0.258 e. The Labute approximate surface area is 91.0 Å². The van der Waals surface area contributed by atoms with Gasteiger partial charge in [0.05, 0.1) is 7.05 Å². The van der Waals surface area contributed by atoms with E-state index in [2.05, 4.69) is 0 Å². The highest BCUT2D eigenvalue weighted by atomic mass is 16.5. The van der Waals surface area contributed by atoms with Crippen LogP contribution in [0.1, 0.15) is 33.5 Å². The van der Waals surface area contributed by atoms with Crippen molar-refractivity contribution in [1.29, 1.82) is 0 Å². The van der Waals surface area contributed by atoms with Crippen LogP contribution in [0.15, 0.2) is 11.6 Å². The molecule has 0 aliphatic heterocycles. The number of fused-ring (bicyclic) bond motifs is 1. The molecule has 0 aromatic carbocycles. The monoisotopic (exact) mass is 222 g/mol. The zero-order chi connectivity index (χ0) is 12.0. The van der Waals surface area contributed by atoms with Gasteiger partial charge < -0.3 is 10.3 Å². The van der Waals surface area contributed by atoms with Crippen LogP contribution in [0.5, 0.6) is 0 Å². The lowest BCUT2D eigenvalue weighted by molar-refractivity contribution is -0.700. The largest absolute Gasteiger partial charge is 0.596 e. The summed E-state index contributed by atoms with van der Waals surface area (Å²) in [6.07, 6.45) is 1.20. The summed E-state index contributed by atoms with van der Waals surface area (Å²) in [5.74, 6) is -0.775. The third-order valence-corrected chi connectivity index (χ3v) is 2.67. The van der Waals surface area contributed by atoms with Crippen molar-refractivity contribution in [2.75, 3.05) is 0 Å². The molecule has 0 spiro atoms. The lowest BCUT2D eigenvalue weighted by Gasteiger charge is -2.06. The number of carbonyl (C=O) groups excluding carboxylic acids is 2. The number of rotatable bonds is 1. The number of hydrogen-bond donors (Lipinski definition) is 1. The predicted molar refractivity (Wildman–Crippen MR) is 52.7 cm³/mol. The Balaban J connectivity index is 2.82. The van der Waals surface area contributed by atoms with E-state index in [0.717, 1.165) is 4.68 Å². The standard InChI is InChI=1S/C10H10N2O4/c1-5-3-7(14)9-8(10(5)15)6(4-13)12(16)11(9)2/h3,13H,4H2,1-2H3. The normalized spacial score (nSPS) is 15.1. The van der Waals surface area contributed by atoms with Gasteiger partial charge in [-0.2, -0.15) is 0 Å². The molecule has 0 saturated heterocycles. The van der Waals surface area contributed by atoms with Gasteiger partial charge in [-0.1, -0.05) is 4.85 Å². The number of ketones is 2. The summed E-state index contributed by atoms with van der Waals surface area (Å²) in [5.41, 5.74) is 0.251. The molecular formula is C10H10N2O4. The molecule has 1 N–H and O–H groups in total. The summed E-state index contributed by atoms with van der Waals surface area (Å²) >= 11 is 0. The molecule has 2 rings (SSSR count). The van der Waals surface area contributed by atoms with E-state index in [9.17, 15) is 14.8 Å². The van der Waals surface area contributed by atoms with E-state index in [-0.39, 0.29) is 34.1 Å². The number of aromatic nitrogens is 2. The van der Waals surface area contributed by atoms with Crippen LogP contribution in [0.25, 0.3) is 0 Å². The van der Waals surface area contributed by atoms with Gasteiger partial charge in [-0.25, -0.2) is 0 Å². The number of aliphatic hydroxyl groups is 1. The Kier molecular flexibility index (Phi) is 2.16. The highest BCUT2D eigenvalue weighted by Gasteiger charge is 2.36. The molecule has 1 heterocycles. The minimum absolute atomic E-state index is 0.0185. The third kappa shape index (κ3) is 1.13. The molecule has 0 radical (unpaired) electrons. The zero-order valence-corrected chi connectivity index (χ0v) is 8.85. The van der Waals surface area contributed by atoms with E-state index in [0.29, 0.717) is 4.85 Å². The van der Waals surface area contributed by atoms with Gasteiger partial charge in [0.2, 0.25) is 5.78 Å². The van der Waals surface area contributed by atoms with Crippen LogP contribution in [0.4, 0.5) is 0 Å². The van der Waals surface area contributed by atoms with Crippen molar-refractivity contribution in [1.82, 2.24) is 4.68 Å². The topological polar surface area (TPSA) is 86.2 Å². The number of hydrogen-bond acceptors (Lipinski definition) is 4. The first-order chi connectivity index (χ1) is 7.49. The lowest BCUT2D eigenvalue weighted by atomic mass is 9.94. The molecule has 0 saturated carbocycles. The Morgan fingerprint density at radius 3 is 2.69 bits per heavy atom. The number of carbonyl (C=O) groups is 2. The second kappa shape index (κ2) is 3.28. The summed E-state index contributed by atoms with van der Waals surface area (Å²) in [7, 11) is 1.38. The Hall–Kier alpha value is -1.95. The molecule has 0 amide bonds. The van der Waals surface area contributed by atoms with Crippen LogP contribution in [0, 0.1) is 5.21 Å². The molecule has 0 bridgehead atoms. The number of nitrogens with zero attached hydrogens (tertiary/aromatic N) is 2. The molecule has 6 nitrogen and oxygen atoms in total. The van der Waals surface area contributed by atoms with Gasteiger partial charge in [0.1, 0.15) is 12.2 Å². The minimum atomic E-state index is -0.570. The van der Waals surface area contributed by atoms with Gasteiger partial charge in [0, 0.05) is 5.57 Å². The first-order valence-electron chi connectivity index (χ1n) is 4.68. The van der Waals surface area contributed by atoms with Gasteiger partial charge in [0.25, 0.3) is 5.69 Å². The molecule has 1 aromatic rings. The SMILES string of the molecule is CC1=CC(=O)c2c(c(CO)[n+]([O-])n2C)C1=O. The van der Waals surface area contributed by atoms with Crippen molar-refractivity contribution in [3.8, 4) is 0 Å². The van der Waals surface area contributed by atoms with Crippen molar-refractivity contribution >= 4 is 11.6 Å². The maximum absolute atomic E-state index is 11.8. The third-order valence-electron chi connectivity index (χ3n) is 2.67. The van der Waals surface area contributed by atoms with Gasteiger partial charge in [0.15, 0.2) is 11.5 Å². The fraction of sp³-hybridized carbons (Fsp3) is 0.300. The van der Waals surface area contributed by atoms with E-state index >= 15 is 0 Å². The fourth-order valence-corrected chi connectivity index (χ4v) is 1.85. The van der Waals surface area contributed by atoms with Crippen LogP contribution < -0.4 is 4.85 Å². The summed E-state index contributed by atoms with van der Waals surface area (Å²) < 4.78 is 1.03. The molecule has 1 aliphatic carbocycles. The summed E-state index contributed by atoms with van der Waals surface area (Å²) in [6.45, 7) is 0.936. The van der Waals surface area contributed by atoms with Crippen LogP contribution in [0.3, 0.4) is 0 Å². The van der Waals surface area contributed by atoms with Crippen LogP contribution in [0.2, 0.25) is 0 Å². The molecule has 0 unspecified atom stereocenters. The van der Waals surface area contributed by atoms with E-state index in [1.807, 2.05) is 0 Å². The minimum Gasteiger partial charge on any atom is -0.596 e. The Morgan fingerprint density at radius 2 is 2.12 bits per heavy atom. The molecule has 0 atom stereocenters. The molecular weight excluding hydrogens is 212 g/mol. The number of aliphatic hydroxyl groups excluding tert-OH is 1. The second-order valence-electron chi connectivity index (χ2n) is 3.65. The molecule has 16 heavy (non-hydrogen) atoms. The molecule has 6 heteroatoms. The van der Waals surface area contributed by atoms with Crippen molar-refractivity contribution < 1.29 is 19.5 Å². The average Bonchev–Trinajstić information content (AvgIpc) is 2.49. The number of Topliss-reactive ketones (excluding diaryl/α,β-unsaturated/α-hetero) is 1. The highest BCUT2D eigenvalue weighted by molar-refractivity contribution is 6.23. The van der Waals surface area contributed by atoms with Gasteiger partial charge in [-0.3, -0.25) is 9.59 Å². The van der Waals surface area contributed by atoms with Crippen molar-refractivity contribution in [3.63, 3.8) is 0 Å². The summed E-state index contributed by atoms with van der Waals surface area (Å²) in [4.78, 5) is 23.8. The van der Waals surface area contributed by atoms with Gasteiger partial charge in [-0.15, -0.1) is 4.68 Å². The Morgan fingerprint density at radius 1 is 1.50 bits per heavy atom. The first-order valence-corrected chi connectivity index (χ1v) is 4.68. The molecule has 1 aromatic heterocycles. The van der Waals surface area contributed by atoms with Crippen LogP contribution in [-0.4, -0.2) is 21.4 Å². The van der Waals surface area contributed by atoms with Crippen molar-refractivity contribution in [2.24, 2.45) is 7.05 Å². The maximum atomic E-state index is 11.8. The van der Waals surface area contributed by atoms with Gasteiger partial charge >= 0.3 is 0 Å². The van der Waals surface area contributed by atoms with Crippen LogP contribution >= 0.6 is 0 Å². The molecule has 1 aliphatic rings. The van der Waals surface area contributed by atoms with E-state index in [4.69, 9.17) is 5.11 Å². The molecule has 0 fully saturated rings. The summed E-state index contributed by atoms with van der Waals surface area (Å²) in [6, 6.07) is 0. The number of allylic oxidation sites excluding steroid dienone is 2. The average molecular weight is 222 g/mol.